The van der Waals surface area contributed by atoms with Gasteiger partial charge in [-0.3, -0.25) is 4.98 Å². The first-order valence-electron chi connectivity index (χ1n) is 9.41. The average Bonchev–Trinajstić information content (AvgIpc) is 3.25. The zero-order valence-electron chi connectivity index (χ0n) is 15.5. The van der Waals surface area contributed by atoms with E-state index < -0.39 is 0 Å². The molecule has 1 saturated heterocycles. The number of H-pyrrole nitrogens is 1. The Morgan fingerprint density at radius 3 is 2.72 bits per heavy atom. The van der Waals surface area contributed by atoms with Crippen LogP contribution in [0.1, 0.15) is 0 Å². The van der Waals surface area contributed by atoms with E-state index in [0.717, 1.165) is 42.9 Å². The molecule has 0 amide bonds. The zero-order valence-corrected chi connectivity index (χ0v) is 16.2. The largest absolute Gasteiger partial charge is 0.368 e. The van der Waals surface area contributed by atoms with E-state index in [2.05, 4.69) is 25.2 Å². The van der Waals surface area contributed by atoms with Crippen LogP contribution in [-0.4, -0.2) is 46.1 Å². The molecule has 0 bridgehead atoms. The van der Waals surface area contributed by atoms with Gasteiger partial charge in [-0.05, 0) is 36.4 Å². The predicted octanol–water partition coefficient (Wildman–Crippen LogP) is 3.89. The summed E-state index contributed by atoms with van der Waals surface area (Å²) in [5.41, 5.74) is 4.76. The number of aromatic amines is 1. The maximum Gasteiger partial charge on any atom is 0.132 e. The molecule has 4 aromatic rings. The van der Waals surface area contributed by atoms with Gasteiger partial charge in [-0.2, -0.15) is 0 Å². The van der Waals surface area contributed by atoms with E-state index in [9.17, 15) is 4.39 Å². The second-order valence-electron chi connectivity index (χ2n) is 6.92. The molecule has 0 saturated carbocycles. The van der Waals surface area contributed by atoms with Crippen molar-refractivity contribution in [2.45, 2.75) is 0 Å². The summed E-state index contributed by atoms with van der Waals surface area (Å²) < 4.78 is 14.4. The summed E-state index contributed by atoms with van der Waals surface area (Å²) in [6, 6.07) is 10.3. The molecule has 6 nitrogen and oxygen atoms in total. The molecule has 1 aliphatic rings. The summed E-state index contributed by atoms with van der Waals surface area (Å²) >= 11 is 6.06. The summed E-state index contributed by atoms with van der Waals surface area (Å²) in [6.45, 7) is 3.78. The van der Waals surface area contributed by atoms with Crippen molar-refractivity contribution in [2.24, 2.45) is 0 Å². The Hall–Kier alpha value is -3.03. The first kappa shape index (κ1) is 18.0. The lowest BCUT2D eigenvalue weighted by atomic mass is 10.1. The van der Waals surface area contributed by atoms with Crippen LogP contribution in [0.4, 0.5) is 10.1 Å². The maximum atomic E-state index is 14.4. The number of hydrogen-bond acceptors (Lipinski definition) is 5. The minimum Gasteiger partial charge on any atom is -0.368 e. The molecule has 1 aromatic carbocycles. The number of aromatic nitrogens is 4. The lowest BCUT2D eigenvalue weighted by Gasteiger charge is -2.29. The Morgan fingerprint density at radius 2 is 1.86 bits per heavy atom. The van der Waals surface area contributed by atoms with Crippen molar-refractivity contribution in [2.75, 3.05) is 31.1 Å². The molecule has 3 aromatic heterocycles. The van der Waals surface area contributed by atoms with Crippen LogP contribution in [0.5, 0.6) is 0 Å². The molecule has 0 spiro atoms. The highest BCUT2D eigenvalue weighted by atomic mass is 35.5. The van der Waals surface area contributed by atoms with Gasteiger partial charge in [-0.25, -0.2) is 14.4 Å². The molecule has 2 N–H and O–H groups in total. The number of benzene rings is 1. The molecule has 1 fully saturated rings. The Morgan fingerprint density at radius 1 is 1.00 bits per heavy atom. The number of nitrogens with one attached hydrogen (secondary N) is 2. The van der Waals surface area contributed by atoms with Crippen molar-refractivity contribution < 1.29 is 4.39 Å². The number of halogens is 2. The number of hydrogen-bond donors (Lipinski definition) is 2. The fourth-order valence-corrected chi connectivity index (χ4v) is 3.78. The van der Waals surface area contributed by atoms with Gasteiger partial charge in [-0.15, -0.1) is 0 Å². The van der Waals surface area contributed by atoms with Gasteiger partial charge in [0.15, 0.2) is 0 Å². The van der Waals surface area contributed by atoms with Gasteiger partial charge in [0.2, 0.25) is 0 Å². The summed E-state index contributed by atoms with van der Waals surface area (Å²) in [5, 5.41) is 3.80. The third-order valence-corrected chi connectivity index (χ3v) is 5.32. The average molecular weight is 409 g/mol. The van der Waals surface area contributed by atoms with Crippen LogP contribution in [0.15, 0.2) is 48.9 Å². The Balaban J connectivity index is 1.57. The first-order chi connectivity index (χ1) is 14.2. The van der Waals surface area contributed by atoms with E-state index in [4.69, 9.17) is 16.6 Å². The molecule has 4 heterocycles. The molecular weight excluding hydrogens is 391 g/mol. The molecule has 0 aliphatic carbocycles. The highest BCUT2D eigenvalue weighted by Crippen LogP contribution is 2.32. The number of imidazole rings is 1. The summed E-state index contributed by atoms with van der Waals surface area (Å²) in [6.07, 6.45) is 3.42. The first-order valence-corrected chi connectivity index (χ1v) is 9.78. The fraction of sp³-hybridized carbons (Fsp3) is 0.190. The van der Waals surface area contributed by atoms with Crippen LogP contribution in [0.3, 0.4) is 0 Å². The minimum absolute atomic E-state index is 0.336. The highest BCUT2D eigenvalue weighted by molar-refractivity contribution is 6.30. The monoisotopic (exact) mass is 408 g/mol. The van der Waals surface area contributed by atoms with Crippen LogP contribution in [0.2, 0.25) is 5.02 Å². The van der Waals surface area contributed by atoms with Crippen LogP contribution in [0, 0.1) is 5.82 Å². The van der Waals surface area contributed by atoms with E-state index in [1.165, 1.54) is 18.5 Å². The Labute approximate surface area is 171 Å². The molecule has 29 heavy (non-hydrogen) atoms. The topological polar surface area (TPSA) is 69.7 Å². The standard InChI is InChI=1S/C21H18ClFN6/c22-13-1-2-16(23)15(9-13)20-21(27-12-26-20)18-4-3-17-19(28-18)10-14(11-25-17)29-7-5-24-6-8-29/h1-4,9-12,24H,5-8H2,(H,26,27). The quantitative estimate of drug-likeness (QED) is 0.538. The maximum absolute atomic E-state index is 14.4. The smallest absolute Gasteiger partial charge is 0.132 e. The third kappa shape index (κ3) is 3.43. The van der Waals surface area contributed by atoms with Crippen molar-refractivity contribution in [3.05, 3.63) is 59.8 Å². The van der Waals surface area contributed by atoms with Crippen LogP contribution in [-0.2, 0) is 0 Å². The molecule has 146 valence electrons. The minimum atomic E-state index is -0.383. The van der Waals surface area contributed by atoms with Gasteiger partial charge in [0.05, 0.1) is 40.6 Å². The van der Waals surface area contributed by atoms with Crippen molar-refractivity contribution in [3.63, 3.8) is 0 Å². The third-order valence-electron chi connectivity index (χ3n) is 5.08. The number of anilines is 1. The highest BCUT2D eigenvalue weighted by Gasteiger charge is 2.17. The van der Waals surface area contributed by atoms with Crippen molar-refractivity contribution >= 4 is 28.3 Å². The van der Waals surface area contributed by atoms with Crippen LogP contribution in [0.25, 0.3) is 33.7 Å². The lowest BCUT2D eigenvalue weighted by molar-refractivity contribution is 0.589. The summed E-state index contributed by atoms with van der Waals surface area (Å²) in [5.74, 6) is -0.383. The molecule has 0 unspecified atom stereocenters. The van der Waals surface area contributed by atoms with Crippen molar-refractivity contribution in [1.82, 2.24) is 25.3 Å². The fourth-order valence-electron chi connectivity index (χ4n) is 3.60. The Bertz CT molecular complexity index is 1180. The van der Waals surface area contributed by atoms with Crippen molar-refractivity contribution in [1.29, 1.82) is 0 Å². The lowest BCUT2D eigenvalue weighted by Crippen LogP contribution is -2.43. The Kier molecular flexibility index (Phi) is 4.61. The van der Waals surface area contributed by atoms with Crippen molar-refractivity contribution in [3.8, 4) is 22.6 Å². The molecular formula is C21H18ClFN6. The van der Waals surface area contributed by atoms with Gasteiger partial charge in [0.25, 0.3) is 0 Å². The second kappa shape index (κ2) is 7.42. The molecule has 8 heteroatoms. The van der Waals surface area contributed by atoms with E-state index in [0.29, 0.717) is 27.7 Å². The molecule has 0 atom stereocenters. The number of rotatable bonds is 3. The predicted molar refractivity (Wildman–Crippen MR) is 113 cm³/mol. The van der Waals surface area contributed by atoms with Gasteiger partial charge >= 0.3 is 0 Å². The molecule has 0 radical (unpaired) electrons. The SMILES string of the molecule is Fc1ccc(Cl)cc1-c1nc[nH]c1-c1ccc2ncc(N3CCNCC3)cc2n1. The molecule has 1 aliphatic heterocycles. The number of pyridine rings is 2. The van der Waals surface area contributed by atoms with Gasteiger partial charge in [-0.1, -0.05) is 11.6 Å². The van der Waals surface area contributed by atoms with E-state index in [1.54, 1.807) is 6.07 Å². The number of fused-ring (bicyclic) bond motifs is 1. The van der Waals surface area contributed by atoms with E-state index >= 15 is 0 Å². The van der Waals surface area contributed by atoms with Gasteiger partial charge < -0.3 is 15.2 Å². The van der Waals surface area contributed by atoms with Crippen LogP contribution >= 0.6 is 11.6 Å². The van der Waals surface area contributed by atoms with E-state index in [1.807, 2.05) is 24.4 Å². The molecule has 5 rings (SSSR count). The second-order valence-corrected chi connectivity index (χ2v) is 7.35. The number of nitrogens with zero attached hydrogens (tertiary/aromatic N) is 4. The number of piperazine rings is 1. The van der Waals surface area contributed by atoms with Gasteiger partial charge in [0, 0.05) is 36.8 Å². The van der Waals surface area contributed by atoms with E-state index in [-0.39, 0.29) is 5.82 Å². The summed E-state index contributed by atoms with van der Waals surface area (Å²) in [4.78, 5) is 19.0. The van der Waals surface area contributed by atoms with Crippen LogP contribution < -0.4 is 10.2 Å². The normalized spacial score (nSPS) is 14.5. The summed E-state index contributed by atoms with van der Waals surface area (Å²) in [7, 11) is 0. The van der Waals surface area contributed by atoms with Gasteiger partial charge in [0.1, 0.15) is 11.5 Å². The zero-order chi connectivity index (χ0) is 19.8.